The molecule has 1 aliphatic rings. The molecule has 1 N–H and O–H groups in total. The van der Waals surface area contributed by atoms with Crippen molar-refractivity contribution in [2.75, 3.05) is 0 Å². The Morgan fingerprint density at radius 2 is 2.33 bits per heavy atom. The van der Waals surface area contributed by atoms with Gasteiger partial charge in [0.2, 0.25) is 0 Å². The predicted octanol–water partition coefficient (Wildman–Crippen LogP) is 2.08. The summed E-state index contributed by atoms with van der Waals surface area (Å²) in [4.78, 5) is 4.18. The van der Waals surface area contributed by atoms with Gasteiger partial charge in [-0.15, -0.1) is 0 Å². The number of nitrogens with one attached hydrogen (secondary N) is 1. The van der Waals surface area contributed by atoms with E-state index in [0.29, 0.717) is 5.92 Å². The maximum atomic E-state index is 4.18. The summed E-state index contributed by atoms with van der Waals surface area (Å²) in [6, 6.07) is 4.18. The highest BCUT2D eigenvalue weighted by Gasteiger charge is 2.21. The van der Waals surface area contributed by atoms with Gasteiger partial charge in [0.05, 0.1) is 6.20 Å². The molecule has 3 nitrogen and oxygen atoms in total. The Labute approximate surface area is 88.6 Å². The van der Waals surface area contributed by atoms with Crippen LogP contribution in [0.3, 0.4) is 0 Å². The summed E-state index contributed by atoms with van der Waals surface area (Å²) < 4.78 is 0. The summed E-state index contributed by atoms with van der Waals surface area (Å²) in [7, 11) is 0. The van der Waals surface area contributed by atoms with E-state index in [1.54, 1.807) is 0 Å². The zero-order chi connectivity index (χ0) is 10.1. The van der Waals surface area contributed by atoms with E-state index in [4.69, 9.17) is 0 Å². The second-order valence-corrected chi connectivity index (χ2v) is 4.10. The molecule has 3 heteroatoms. The Kier molecular flexibility index (Phi) is 2.02. The number of hydrogen-bond acceptors (Lipinski definition) is 2. The number of nitrogens with zero attached hydrogens (tertiary/aromatic N) is 2. The van der Waals surface area contributed by atoms with Crippen LogP contribution in [0.5, 0.6) is 0 Å². The van der Waals surface area contributed by atoms with Crippen molar-refractivity contribution in [2.24, 2.45) is 0 Å². The summed E-state index contributed by atoms with van der Waals surface area (Å²) in [5.74, 6) is 0.615. The first kappa shape index (κ1) is 8.65. The third-order valence-corrected chi connectivity index (χ3v) is 3.17. The third-order valence-electron chi connectivity index (χ3n) is 3.17. The van der Waals surface area contributed by atoms with Gasteiger partial charge in [-0.05, 0) is 42.4 Å². The zero-order valence-electron chi connectivity index (χ0n) is 8.48. The van der Waals surface area contributed by atoms with E-state index in [-0.39, 0.29) is 0 Å². The van der Waals surface area contributed by atoms with Crippen LogP contribution in [0.2, 0.25) is 0 Å². The van der Waals surface area contributed by atoms with Gasteiger partial charge in [-0.1, -0.05) is 6.07 Å². The van der Waals surface area contributed by atoms with Crippen molar-refractivity contribution in [3.8, 4) is 0 Å². The Morgan fingerprint density at radius 1 is 1.33 bits per heavy atom. The molecule has 0 amide bonds. The number of aromatic amines is 1. The van der Waals surface area contributed by atoms with Crippen LogP contribution in [-0.4, -0.2) is 15.2 Å². The minimum atomic E-state index is 0.615. The van der Waals surface area contributed by atoms with Crippen molar-refractivity contribution in [2.45, 2.75) is 25.2 Å². The van der Waals surface area contributed by atoms with E-state index in [1.165, 1.54) is 23.2 Å². The lowest BCUT2D eigenvalue weighted by Gasteiger charge is -2.21. The van der Waals surface area contributed by atoms with Crippen LogP contribution in [0.15, 0.2) is 30.7 Å². The Morgan fingerprint density at radius 3 is 3.20 bits per heavy atom. The molecule has 0 saturated carbocycles. The molecule has 0 aromatic carbocycles. The largest absolute Gasteiger partial charge is 0.282 e. The summed E-state index contributed by atoms with van der Waals surface area (Å²) in [5, 5.41) is 7.16. The van der Waals surface area contributed by atoms with Crippen molar-refractivity contribution in [1.29, 1.82) is 0 Å². The normalized spacial score (nSPS) is 19.9. The standard InChI is InChI=1S/C12H13N3/c1-2-10(7-13-5-1)9-3-4-12-11(6-9)8-14-15-12/h1-2,5,7-9H,3-4,6H2,(H,14,15)/t9-/m0/s1. The first-order valence-corrected chi connectivity index (χ1v) is 5.34. The van der Waals surface area contributed by atoms with E-state index < -0.39 is 0 Å². The molecule has 2 heterocycles. The topological polar surface area (TPSA) is 41.6 Å². The van der Waals surface area contributed by atoms with Crippen LogP contribution < -0.4 is 0 Å². The average Bonchev–Trinajstić information content (AvgIpc) is 2.77. The van der Waals surface area contributed by atoms with Crippen molar-refractivity contribution in [3.05, 3.63) is 47.5 Å². The average molecular weight is 199 g/mol. The molecule has 3 rings (SSSR count). The SMILES string of the molecule is c1cncc([C@H]2CCc3[nH]ncc3C2)c1. The van der Waals surface area contributed by atoms with E-state index >= 15 is 0 Å². The lowest BCUT2D eigenvalue weighted by atomic mass is 9.84. The molecule has 2 aromatic rings. The van der Waals surface area contributed by atoms with Crippen LogP contribution in [0.1, 0.15) is 29.2 Å². The fourth-order valence-corrected chi connectivity index (χ4v) is 2.32. The fourth-order valence-electron chi connectivity index (χ4n) is 2.32. The van der Waals surface area contributed by atoms with Crippen LogP contribution in [0.25, 0.3) is 0 Å². The third kappa shape index (κ3) is 1.54. The van der Waals surface area contributed by atoms with Gasteiger partial charge in [0.25, 0.3) is 0 Å². The number of aryl methyl sites for hydroxylation is 1. The van der Waals surface area contributed by atoms with Crippen LogP contribution >= 0.6 is 0 Å². The summed E-state index contributed by atoms with van der Waals surface area (Å²) in [6.07, 6.45) is 9.16. The van der Waals surface area contributed by atoms with Gasteiger partial charge in [0.1, 0.15) is 0 Å². The van der Waals surface area contributed by atoms with Gasteiger partial charge in [0.15, 0.2) is 0 Å². The van der Waals surface area contributed by atoms with Gasteiger partial charge >= 0.3 is 0 Å². The molecule has 2 aromatic heterocycles. The van der Waals surface area contributed by atoms with Gasteiger partial charge < -0.3 is 0 Å². The molecule has 0 aliphatic heterocycles. The predicted molar refractivity (Wildman–Crippen MR) is 57.6 cm³/mol. The summed E-state index contributed by atoms with van der Waals surface area (Å²) >= 11 is 0. The molecule has 15 heavy (non-hydrogen) atoms. The monoisotopic (exact) mass is 199 g/mol. The molecule has 0 radical (unpaired) electrons. The molecule has 0 fully saturated rings. The smallest absolute Gasteiger partial charge is 0.0522 e. The second kappa shape index (κ2) is 3.50. The van der Waals surface area contributed by atoms with E-state index in [1.807, 2.05) is 24.7 Å². The number of H-pyrrole nitrogens is 1. The van der Waals surface area contributed by atoms with E-state index in [0.717, 1.165) is 12.8 Å². The minimum Gasteiger partial charge on any atom is -0.282 e. The highest BCUT2D eigenvalue weighted by atomic mass is 15.1. The van der Waals surface area contributed by atoms with Crippen molar-refractivity contribution in [1.82, 2.24) is 15.2 Å². The minimum absolute atomic E-state index is 0.615. The quantitative estimate of drug-likeness (QED) is 0.764. The number of aromatic nitrogens is 3. The number of rotatable bonds is 1. The van der Waals surface area contributed by atoms with Gasteiger partial charge in [-0.25, -0.2) is 0 Å². The van der Waals surface area contributed by atoms with Crippen molar-refractivity contribution in [3.63, 3.8) is 0 Å². The van der Waals surface area contributed by atoms with Gasteiger partial charge in [-0.3, -0.25) is 10.1 Å². The van der Waals surface area contributed by atoms with Crippen LogP contribution in [0.4, 0.5) is 0 Å². The van der Waals surface area contributed by atoms with E-state index in [9.17, 15) is 0 Å². The molecule has 1 aliphatic carbocycles. The molecule has 0 saturated heterocycles. The molecule has 0 bridgehead atoms. The summed E-state index contributed by atoms with van der Waals surface area (Å²) in [5.41, 5.74) is 4.04. The van der Waals surface area contributed by atoms with Crippen molar-refractivity contribution < 1.29 is 0 Å². The van der Waals surface area contributed by atoms with Gasteiger partial charge in [0, 0.05) is 18.1 Å². The Balaban J connectivity index is 1.88. The van der Waals surface area contributed by atoms with Crippen LogP contribution in [-0.2, 0) is 12.8 Å². The molecular weight excluding hydrogens is 186 g/mol. The molecule has 76 valence electrons. The van der Waals surface area contributed by atoms with Crippen molar-refractivity contribution >= 4 is 0 Å². The Bertz CT molecular complexity index is 447. The maximum absolute atomic E-state index is 4.18. The lowest BCUT2D eigenvalue weighted by Crippen LogP contribution is -2.11. The number of hydrogen-bond donors (Lipinski definition) is 1. The lowest BCUT2D eigenvalue weighted by molar-refractivity contribution is 0.577. The molecule has 1 atom stereocenters. The molecular formula is C12H13N3. The molecule has 0 unspecified atom stereocenters. The second-order valence-electron chi connectivity index (χ2n) is 4.10. The maximum Gasteiger partial charge on any atom is 0.0522 e. The number of fused-ring (bicyclic) bond motifs is 1. The first-order valence-electron chi connectivity index (χ1n) is 5.34. The summed E-state index contributed by atoms with van der Waals surface area (Å²) in [6.45, 7) is 0. The highest BCUT2D eigenvalue weighted by Crippen LogP contribution is 2.30. The number of pyridine rings is 1. The van der Waals surface area contributed by atoms with E-state index in [2.05, 4.69) is 21.2 Å². The van der Waals surface area contributed by atoms with Gasteiger partial charge in [-0.2, -0.15) is 5.10 Å². The molecule has 0 spiro atoms. The fraction of sp³-hybridized carbons (Fsp3) is 0.333. The zero-order valence-corrected chi connectivity index (χ0v) is 8.48. The van der Waals surface area contributed by atoms with Crippen LogP contribution in [0, 0.1) is 0 Å². The Hall–Kier alpha value is -1.64. The highest BCUT2D eigenvalue weighted by molar-refractivity contribution is 5.26. The first-order chi connectivity index (χ1) is 7.43.